The van der Waals surface area contributed by atoms with Crippen molar-refractivity contribution < 1.29 is 4.39 Å². The smallest absolute Gasteiger partial charge is 0.268 e. The van der Waals surface area contributed by atoms with Crippen LogP contribution in [0.1, 0.15) is 5.56 Å². The van der Waals surface area contributed by atoms with Crippen molar-refractivity contribution in [3.05, 3.63) is 58.7 Å². The molecule has 110 valence electrons. The summed E-state index contributed by atoms with van der Waals surface area (Å²) in [4.78, 5) is 26.9. The number of aromatic nitrogens is 5. The number of imidazole rings is 1. The third-order valence-corrected chi connectivity index (χ3v) is 3.51. The summed E-state index contributed by atoms with van der Waals surface area (Å²) < 4.78 is 14.7. The molecule has 2 aromatic rings. The van der Waals surface area contributed by atoms with Gasteiger partial charge in [-0.05, 0) is 24.3 Å². The lowest BCUT2D eigenvalue weighted by molar-refractivity contribution is 0.627. The molecule has 4 rings (SSSR count). The van der Waals surface area contributed by atoms with Gasteiger partial charge < -0.3 is 4.98 Å². The Bertz CT molecular complexity index is 1110. The molecule has 8 heteroatoms. The first-order valence-corrected chi connectivity index (χ1v) is 6.59. The summed E-state index contributed by atoms with van der Waals surface area (Å²) in [5, 5.41) is 9.21. The molecule has 2 aliphatic rings. The predicted octanol–water partition coefficient (Wildman–Crippen LogP) is 1.62. The maximum atomic E-state index is 13.1. The largest absolute Gasteiger partial charge is 0.305 e. The van der Waals surface area contributed by atoms with E-state index < -0.39 is 5.56 Å². The number of H-pyrrole nitrogens is 1. The average Bonchev–Trinajstić information content (AvgIpc) is 3.04. The molecule has 0 radical (unpaired) electrons. The van der Waals surface area contributed by atoms with Gasteiger partial charge in [0.2, 0.25) is 0 Å². The number of hydrogen-bond donors (Lipinski definition) is 1. The molecule has 0 fully saturated rings. The summed E-state index contributed by atoms with van der Waals surface area (Å²) >= 11 is 0. The second kappa shape index (κ2) is 4.71. The zero-order valence-electron chi connectivity index (χ0n) is 11.5. The highest BCUT2D eigenvalue weighted by atomic mass is 19.1. The molecule has 2 aliphatic heterocycles. The Kier molecular flexibility index (Phi) is 2.68. The lowest BCUT2D eigenvalue weighted by atomic mass is 10.1. The summed E-state index contributed by atoms with van der Waals surface area (Å²) in [6.07, 6.45) is 2.78. The minimum atomic E-state index is -0.515. The second-order valence-corrected chi connectivity index (χ2v) is 4.80. The molecule has 0 aliphatic carbocycles. The zero-order chi connectivity index (χ0) is 16.0. The molecule has 0 spiro atoms. The van der Waals surface area contributed by atoms with Gasteiger partial charge in [0.15, 0.2) is 5.65 Å². The van der Waals surface area contributed by atoms with Gasteiger partial charge in [-0.1, -0.05) is 0 Å². The van der Waals surface area contributed by atoms with Crippen molar-refractivity contribution in [2.75, 3.05) is 0 Å². The second-order valence-electron chi connectivity index (χ2n) is 4.80. The molecule has 1 aromatic heterocycles. The van der Waals surface area contributed by atoms with E-state index in [0.29, 0.717) is 22.4 Å². The third-order valence-electron chi connectivity index (χ3n) is 3.51. The van der Waals surface area contributed by atoms with Gasteiger partial charge >= 0.3 is 0 Å². The van der Waals surface area contributed by atoms with Crippen LogP contribution in [0.4, 0.5) is 4.39 Å². The van der Waals surface area contributed by atoms with E-state index in [1.165, 1.54) is 24.8 Å². The topological polar surface area (TPSA) is 100 Å². The van der Waals surface area contributed by atoms with E-state index in [1.54, 1.807) is 16.7 Å². The van der Waals surface area contributed by atoms with Gasteiger partial charge in [0.25, 0.3) is 5.56 Å². The normalized spacial score (nSPS) is 11.0. The van der Waals surface area contributed by atoms with Crippen LogP contribution in [0.5, 0.6) is 0 Å². The summed E-state index contributed by atoms with van der Waals surface area (Å²) in [5.74, 6) is -0.104. The van der Waals surface area contributed by atoms with Gasteiger partial charge in [-0.15, -0.1) is 0 Å². The summed E-state index contributed by atoms with van der Waals surface area (Å²) in [6.45, 7) is 0. The van der Waals surface area contributed by atoms with Crippen LogP contribution in [-0.2, 0) is 0 Å². The summed E-state index contributed by atoms with van der Waals surface area (Å²) in [5.41, 5.74) is 1.19. The van der Waals surface area contributed by atoms with Gasteiger partial charge in [0.05, 0.1) is 5.56 Å². The Morgan fingerprint density at radius 3 is 2.70 bits per heavy atom. The fraction of sp³-hybridized carbons (Fsp3) is 0. The molecule has 0 saturated carbocycles. The van der Waals surface area contributed by atoms with Gasteiger partial charge in [0, 0.05) is 5.69 Å². The molecule has 23 heavy (non-hydrogen) atoms. The number of nitriles is 1. The number of halogens is 1. The number of fused-ring (bicyclic) bond motifs is 3. The van der Waals surface area contributed by atoms with E-state index in [1.807, 2.05) is 6.07 Å². The molecule has 0 amide bonds. The van der Waals surface area contributed by atoms with Gasteiger partial charge in [-0.2, -0.15) is 5.26 Å². The standard InChI is InChI=1S/C15H7FN6O/c16-8-1-3-9(4-2-8)22-7-20-12-11-10(5-17)15(23)21-13(11)18-6-19-14(12)22/h1-4,6-7H,(H,18,19,21,23). The SMILES string of the molecule is N#Cc1c2c3ncn(-c4ccc(F)cc4)c3ncnc-2[nH]c1=O. The first-order valence-electron chi connectivity index (χ1n) is 6.59. The van der Waals surface area contributed by atoms with Crippen LogP contribution in [-0.4, -0.2) is 24.5 Å². The molecular formula is C15H7FN6O. The number of rotatable bonds is 1. The highest BCUT2D eigenvalue weighted by Gasteiger charge is 2.21. The van der Waals surface area contributed by atoms with E-state index >= 15 is 0 Å². The van der Waals surface area contributed by atoms with Crippen LogP contribution in [0.2, 0.25) is 0 Å². The van der Waals surface area contributed by atoms with E-state index in [2.05, 4.69) is 19.9 Å². The lowest BCUT2D eigenvalue weighted by Gasteiger charge is -2.01. The first kappa shape index (κ1) is 13.1. The van der Waals surface area contributed by atoms with Crippen molar-refractivity contribution in [3.8, 4) is 23.1 Å². The van der Waals surface area contributed by atoms with Gasteiger partial charge in [-0.25, -0.2) is 19.3 Å². The molecule has 7 nitrogen and oxygen atoms in total. The zero-order valence-corrected chi connectivity index (χ0v) is 11.5. The van der Waals surface area contributed by atoms with Crippen LogP contribution >= 0.6 is 0 Å². The maximum Gasteiger partial charge on any atom is 0.268 e. The Balaban J connectivity index is 2.09. The third kappa shape index (κ3) is 1.87. The highest BCUT2D eigenvalue weighted by molar-refractivity contribution is 5.91. The molecule has 0 atom stereocenters. The summed E-state index contributed by atoms with van der Waals surface area (Å²) in [6, 6.07) is 7.68. The number of hydrogen-bond acceptors (Lipinski definition) is 5. The lowest BCUT2D eigenvalue weighted by Crippen LogP contribution is -2.00. The van der Waals surface area contributed by atoms with E-state index in [0.717, 1.165) is 0 Å². The minimum Gasteiger partial charge on any atom is -0.305 e. The van der Waals surface area contributed by atoms with Crippen LogP contribution in [0, 0.1) is 17.1 Å². The Morgan fingerprint density at radius 1 is 1.17 bits per heavy atom. The number of nitrogens with zero attached hydrogens (tertiary/aromatic N) is 5. The first-order chi connectivity index (χ1) is 11.2. The van der Waals surface area contributed by atoms with Crippen molar-refractivity contribution in [2.24, 2.45) is 0 Å². The number of benzene rings is 1. The van der Waals surface area contributed by atoms with Gasteiger partial charge in [0.1, 0.15) is 41.4 Å². The molecule has 1 N–H and O–H groups in total. The number of aromatic amines is 1. The molecule has 0 bridgehead atoms. The van der Waals surface area contributed by atoms with Crippen molar-refractivity contribution >= 4 is 11.2 Å². The molecule has 0 unspecified atom stereocenters. The predicted molar refractivity (Wildman–Crippen MR) is 78.6 cm³/mol. The molecule has 1 aromatic carbocycles. The monoisotopic (exact) mass is 306 g/mol. The molecular weight excluding hydrogens is 299 g/mol. The van der Waals surface area contributed by atoms with Crippen molar-refractivity contribution in [2.45, 2.75) is 0 Å². The Morgan fingerprint density at radius 2 is 1.96 bits per heavy atom. The average molecular weight is 306 g/mol. The molecule has 0 saturated heterocycles. The minimum absolute atomic E-state index is 0.0557. The Labute approximate surface area is 128 Å². The fourth-order valence-corrected chi connectivity index (χ4v) is 2.47. The quantitative estimate of drug-likeness (QED) is 0.576. The Hall–Kier alpha value is -3.60. The van der Waals surface area contributed by atoms with E-state index in [4.69, 9.17) is 0 Å². The fourth-order valence-electron chi connectivity index (χ4n) is 2.47. The highest BCUT2D eigenvalue weighted by Crippen LogP contribution is 2.27. The number of nitrogens with one attached hydrogen (secondary N) is 1. The van der Waals surface area contributed by atoms with Crippen LogP contribution in [0.15, 0.2) is 41.7 Å². The molecule has 3 heterocycles. The van der Waals surface area contributed by atoms with E-state index in [9.17, 15) is 14.4 Å². The van der Waals surface area contributed by atoms with E-state index in [-0.39, 0.29) is 17.2 Å². The van der Waals surface area contributed by atoms with Crippen LogP contribution in [0.3, 0.4) is 0 Å². The van der Waals surface area contributed by atoms with Crippen molar-refractivity contribution in [3.63, 3.8) is 0 Å². The van der Waals surface area contributed by atoms with Crippen molar-refractivity contribution in [1.29, 1.82) is 5.26 Å². The van der Waals surface area contributed by atoms with Crippen LogP contribution < -0.4 is 5.56 Å². The van der Waals surface area contributed by atoms with Crippen LogP contribution in [0.25, 0.3) is 28.2 Å². The van der Waals surface area contributed by atoms with Gasteiger partial charge in [-0.3, -0.25) is 9.36 Å². The maximum absolute atomic E-state index is 13.1. The van der Waals surface area contributed by atoms with Crippen molar-refractivity contribution in [1.82, 2.24) is 24.5 Å². The summed E-state index contributed by atoms with van der Waals surface area (Å²) in [7, 11) is 0.